The number of nitrogens with two attached hydrogens (primary N) is 1. The molecular weight excluding hydrogens is 459 g/mol. The van der Waals surface area contributed by atoms with Gasteiger partial charge in [-0.25, -0.2) is 9.38 Å². The molecule has 176 valence electrons. The average Bonchev–Trinajstić information content (AvgIpc) is 3.04. The molecule has 0 fully saturated rings. The number of nitrogens with zero attached hydrogens (tertiary/aromatic N) is 3. The lowest BCUT2D eigenvalue weighted by Crippen LogP contribution is -2.41. The Labute approximate surface area is 197 Å². The van der Waals surface area contributed by atoms with Gasteiger partial charge in [0.1, 0.15) is 11.6 Å². The van der Waals surface area contributed by atoms with E-state index in [1.165, 1.54) is 48.5 Å². The summed E-state index contributed by atoms with van der Waals surface area (Å²) in [5.74, 6) is -1.10. The number of benzene rings is 2. The number of rotatable bonds is 7. The number of carbonyl (C=O) groups excluding carboxylic acids is 1. The summed E-state index contributed by atoms with van der Waals surface area (Å²) >= 11 is 0. The maximum atomic E-state index is 14.8. The fourth-order valence-corrected chi connectivity index (χ4v) is 4.87. The number of amides is 1. The molecular formula is C24H23FN4O4S. The van der Waals surface area contributed by atoms with Crippen molar-refractivity contribution in [2.75, 3.05) is 12.8 Å². The van der Waals surface area contributed by atoms with Crippen LogP contribution in [0.5, 0.6) is 5.75 Å². The summed E-state index contributed by atoms with van der Waals surface area (Å²) in [4.78, 5) is 23.3. The lowest BCUT2D eigenvalue weighted by atomic mass is 9.81. The van der Waals surface area contributed by atoms with Crippen molar-refractivity contribution in [1.29, 1.82) is 0 Å². The number of carbonyl (C=O) groups is 1. The maximum Gasteiger partial charge on any atom is 0.309 e. The van der Waals surface area contributed by atoms with Crippen LogP contribution in [-0.2, 0) is 20.5 Å². The highest BCUT2D eigenvalue weighted by atomic mass is 32.2. The predicted octanol–water partition coefficient (Wildman–Crippen LogP) is 3.04. The molecule has 1 aromatic heterocycles. The summed E-state index contributed by atoms with van der Waals surface area (Å²) in [5.41, 5.74) is 5.82. The highest BCUT2D eigenvalue weighted by Gasteiger charge is 2.50. The highest BCUT2D eigenvalue weighted by Crippen LogP contribution is 2.42. The summed E-state index contributed by atoms with van der Waals surface area (Å²) in [6.07, 6.45) is 3.48. The van der Waals surface area contributed by atoms with Crippen molar-refractivity contribution in [2.24, 2.45) is 10.7 Å². The molecule has 1 atom stereocenters. The summed E-state index contributed by atoms with van der Waals surface area (Å²) in [6.45, 7) is 1.73. The van der Waals surface area contributed by atoms with Crippen molar-refractivity contribution in [1.82, 2.24) is 9.88 Å². The van der Waals surface area contributed by atoms with Gasteiger partial charge in [-0.2, -0.15) is 8.42 Å². The van der Waals surface area contributed by atoms with Gasteiger partial charge in [0, 0.05) is 30.6 Å². The Morgan fingerprint density at radius 1 is 1.12 bits per heavy atom. The smallest absolute Gasteiger partial charge is 0.309 e. The van der Waals surface area contributed by atoms with Crippen LogP contribution >= 0.6 is 0 Å². The third-order valence-corrected chi connectivity index (χ3v) is 6.88. The van der Waals surface area contributed by atoms with Crippen LogP contribution in [0.2, 0.25) is 0 Å². The van der Waals surface area contributed by atoms with E-state index in [1.807, 2.05) is 0 Å². The third kappa shape index (κ3) is 4.12. The SMILES string of the molecule is CCCS(=O)(=O)Oc1cccc(C2(c3ccc(F)c(-c4cccnc4)c3)N=C(N)N(C)C2=O)c1. The average molecular weight is 483 g/mol. The molecule has 0 bridgehead atoms. The van der Waals surface area contributed by atoms with Crippen LogP contribution in [0, 0.1) is 5.82 Å². The molecule has 1 aliphatic rings. The molecule has 2 aromatic carbocycles. The molecule has 34 heavy (non-hydrogen) atoms. The fraction of sp³-hybridized carbons (Fsp3) is 0.208. The van der Waals surface area contributed by atoms with Gasteiger partial charge in [0.15, 0.2) is 11.5 Å². The second-order valence-corrected chi connectivity index (χ2v) is 9.54. The first-order valence-corrected chi connectivity index (χ1v) is 12.1. The molecule has 0 spiro atoms. The van der Waals surface area contributed by atoms with Gasteiger partial charge >= 0.3 is 10.1 Å². The molecule has 4 rings (SSSR count). The fourth-order valence-electron chi connectivity index (χ4n) is 3.89. The first-order valence-electron chi connectivity index (χ1n) is 10.5. The number of pyridine rings is 1. The van der Waals surface area contributed by atoms with Crippen molar-refractivity contribution in [3.05, 3.63) is 83.9 Å². The Hall–Kier alpha value is -3.79. The van der Waals surface area contributed by atoms with E-state index in [1.54, 1.807) is 37.4 Å². The van der Waals surface area contributed by atoms with Gasteiger partial charge < -0.3 is 9.92 Å². The Morgan fingerprint density at radius 2 is 1.88 bits per heavy atom. The van der Waals surface area contributed by atoms with Crippen molar-refractivity contribution in [2.45, 2.75) is 18.9 Å². The number of aliphatic imine (C=N–C) groups is 1. The molecule has 0 aliphatic carbocycles. The zero-order valence-corrected chi connectivity index (χ0v) is 19.4. The van der Waals surface area contributed by atoms with Gasteiger partial charge in [0.25, 0.3) is 5.91 Å². The van der Waals surface area contributed by atoms with E-state index in [-0.39, 0.29) is 23.0 Å². The van der Waals surface area contributed by atoms with Crippen molar-refractivity contribution in [3.63, 3.8) is 0 Å². The van der Waals surface area contributed by atoms with E-state index >= 15 is 0 Å². The third-order valence-electron chi connectivity index (χ3n) is 5.53. The quantitative estimate of drug-likeness (QED) is 0.518. The Kier molecular flexibility index (Phi) is 6.09. The van der Waals surface area contributed by atoms with E-state index in [2.05, 4.69) is 9.98 Å². The summed E-state index contributed by atoms with van der Waals surface area (Å²) in [5, 5.41) is 0. The van der Waals surface area contributed by atoms with Crippen LogP contribution in [0.3, 0.4) is 0 Å². The molecule has 0 saturated heterocycles. The monoisotopic (exact) mass is 482 g/mol. The molecule has 0 radical (unpaired) electrons. The van der Waals surface area contributed by atoms with E-state index in [0.717, 1.165) is 0 Å². The zero-order valence-electron chi connectivity index (χ0n) is 18.6. The topological polar surface area (TPSA) is 115 Å². The van der Waals surface area contributed by atoms with Gasteiger partial charge in [0.2, 0.25) is 0 Å². The molecule has 3 aromatic rings. The zero-order chi connectivity index (χ0) is 24.5. The molecule has 10 heteroatoms. The lowest BCUT2D eigenvalue weighted by molar-refractivity contribution is -0.129. The van der Waals surface area contributed by atoms with E-state index < -0.39 is 27.4 Å². The second-order valence-electron chi connectivity index (χ2n) is 7.85. The summed E-state index contributed by atoms with van der Waals surface area (Å²) in [6, 6.07) is 13.7. The lowest BCUT2D eigenvalue weighted by Gasteiger charge is -2.27. The van der Waals surface area contributed by atoms with E-state index in [0.29, 0.717) is 23.1 Å². The van der Waals surface area contributed by atoms with Crippen LogP contribution in [0.25, 0.3) is 11.1 Å². The van der Waals surface area contributed by atoms with Gasteiger partial charge in [-0.15, -0.1) is 0 Å². The van der Waals surface area contributed by atoms with Crippen molar-refractivity contribution >= 4 is 22.0 Å². The predicted molar refractivity (Wildman–Crippen MR) is 126 cm³/mol. The van der Waals surface area contributed by atoms with Gasteiger partial charge in [-0.05, 0) is 47.9 Å². The van der Waals surface area contributed by atoms with Gasteiger partial charge in [-0.1, -0.05) is 31.2 Å². The number of likely N-dealkylation sites (N-methyl/N-ethyl adjacent to an activating group) is 1. The number of hydrogen-bond acceptors (Lipinski definition) is 7. The Morgan fingerprint density at radius 3 is 2.53 bits per heavy atom. The van der Waals surface area contributed by atoms with Gasteiger partial charge in [0.05, 0.1) is 5.75 Å². The minimum atomic E-state index is -3.81. The van der Waals surface area contributed by atoms with E-state index in [9.17, 15) is 17.6 Å². The number of guanidine groups is 1. The number of hydrogen-bond donors (Lipinski definition) is 1. The Balaban J connectivity index is 1.90. The largest absolute Gasteiger partial charge is 0.382 e. The first kappa shape index (κ1) is 23.4. The molecule has 2 N–H and O–H groups in total. The standard InChI is InChI=1S/C24H23FN4O4S/c1-3-12-34(31,32)33-19-8-4-7-17(13-19)24(22(30)29(2)23(26)28-24)18-9-10-21(25)20(14-18)16-6-5-11-27-15-16/h4-11,13-15H,3,12H2,1-2H3,(H2,26,28). The minimum absolute atomic E-state index is 0.0258. The molecule has 0 saturated carbocycles. The first-order chi connectivity index (χ1) is 16.2. The Bertz CT molecular complexity index is 1380. The van der Waals surface area contributed by atoms with Crippen LogP contribution in [0.1, 0.15) is 24.5 Å². The second kappa shape index (κ2) is 8.86. The van der Waals surface area contributed by atoms with Gasteiger partial charge in [-0.3, -0.25) is 14.7 Å². The summed E-state index contributed by atoms with van der Waals surface area (Å²) < 4.78 is 44.4. The van der Waals surface area contributed by atoms with Crippen LogP contribution in [0.15, 0.2) is 72.0 Å². The normalized spacial score (nSPS) is 18.1. The minimum Gasteiger partial charge on any atom is -0.382 e. The summed E-state index contributed by atoms with van der Waals surface area (Å²) in [7, 11) is -2.32. The van der Waals surface area contributed by atoms with Crippen LogP contribution < -0.4 is 9.92 Å². The molecule has 1 aliphatic heterocycles. The maximum absolute atomic E-state index is 14.8. The molecule has 1 unspecified atom stereocenters. The number of aromatic nitrogens is 1. The van der Waals surface area contributed by atoms with Crippen molar-refractivity contribution < 1.29 is 21.8 Å². The number of halogens is 1. The highest BCUT2D eigenvalue weighted by molar-refractivity contribution is 7.87. The molecule has 2 heterocycles. The van der Waals surface area contributed by atoms with Crippen molar-refractivity contribution in [3.8, 4) is 16.9 Å². The van der Waals surface area contributed by atoms with Crippen LogP contribution in [0.4, 0.5) is 4.39 Å². The van der Waals surface area contributed by atoms with Crippen LogP contribution in [-0.4, -0.2) is 43.0 Å². The molecule has 8 nitrogen and oxygen atoms in total. The van der Waals surface area contributed by atoms with E-state index in [4.69, 9.17) is 9.92 Å². The molecule has 1 amide bonds.